The summed E-state index contributed by atoms with van der Waals surface area (Å²) in [5.41, 5.74) is 3.88. The summed E-state index contributed by atoms with van der Waals surface area (Å²) in [7, 11) is -3.22. The molecule has 0 saturated carbocycles. The van der Waals surface area contributed by atoms with Crippen LogP contribution in [0, 0.1) is 0 Å². The number of sulfone groups is 1. The molecule has 1 fully saturated rings. The van der Waals surface area contributed by atoms with Gasteiger partial charge in [0.05, 0.1) is 41.6 Å². The summed E-state index contributed by atoms with van der Waals surface area (Å²) in [6, 6.07) is 17.1. The second-order valence-corrected chi connectivity index (χ2v) is 10.1. The summed E-state index contributed by atoms with van der Waals surface area (Å²) >= 11 is 0. The molecule has 1 N–H and O–H groups in total. The molecule has 164 valence electrons. The first-order valence-corrected chi connectivity index (χ1v) is 12.4. The number of H-pyrrole nitrogens is 1. The van der Waals surface area contributed by atoms with Gasteiger partial charge in [-0.15, -0.1) is 0 Å². The molecular formula is C24H24N4O3S. The lowest BCUT2D eigenvalue weighted by Gasteiger charge is -2.34. The van der Waals surface area contributed by atoms with Crippen LogP contribution >= 0.6 is 0 Å². The van der Waals surface area contributed by atoms with Gasteiger partial charge in [-0.2, -0.15) is 0 Å². The van der Waals surface area contributed by atoms with E-state index in [2.05, 4.69) is 32.0 Å². The largest absolute Gasteiger partial charge is 0.378 e. The normalized spacial score (nSPS) is 17.6. The highest BCUT2D eigenvalue weighted by Gasteiger charge is 2.27. The second-order valence-electron chi connectivity index (χ2n) is 8.08. The van der Waals surface area contributed by atoms with Crippen molar-refractivity contribution in [2.45, 2.75) is 17.5 Å². The van der Waals surface area contributed by atoms with Gasteiger partial charge in [0.1, 0.15) is 5.82 Å². The van der Waals surface area contributed by atoms with E-state index in [4.69, 9.17) is 4.74 Å². The molecular weight excluding hydrogens is 424 g/mol. The number of aromatic amines is 1. The van der Waals surface area contributed by atoms with Crippen LogP contribution in [0.4, 0.5) is 0 Å². The van der Waals surface area contributed by atoms with Gasteiger partial charge in [0, 0.05) is 30.9 Å². The maximum absolute atomic E-state index is 11.7. The average molecular weight is 449 g/mol. The Labute approximate surface area is 187 Å². The smallest absolute Gasteiger partial charge is 0.175 e. The zero-order valence-electron chi connectivity index (χ0n) is 17.7. The summed E-state index contributed by atoms with van der Waals surface area (Å²) in [6.07, 6.45) is 4.93. The standard InChI is InChI=1S/C24H24N4O3S/c1-32(29,30)20-8-6-18(7-9-20)22-14-26-24(27-22)23-16-31-11-10-28(23)15-17-12-19-4-2-3-5-21(19)25-13-17/h2-9,12-14,23H,10-11,15-16H2,1H3,(H,26,27). The fourth-order valence-electron chi connectivity index (χ4n) is 4.05. The number of nitrogens with zero attached hydrogens (tertiary/aromatic N) is 3. The zero-order valence-corrected chi connectivity index (χ0v) is 18.5. The molecule has 0 amide bonds. The van der Waals surface area contributed by atoms with Gasteiger partial charge < -0.3 is 9.72 Å². The Morgan fingerprint density at radius 3 is 2.72 bits per heavy atom. The Bertz CT molecular complexity index is 1350. The maximum Gasteiger partial charge on any atom is 0.175 e. The van der Waals surface area contributed by atoms with Crippen LogP contribution in [0.2, 0.25) is 0 Å². The van der Waals surface area contributed by atoms with Crippen molar-refractivity contribution < 1.29 is 13.2 Å². The lowest BCUT2D eigenvalue weighted by atomic mass is 10.1. The monoisotopic (exact) mass is 448 g/mol. The topological polar surface area (TPSA) is 88.2 Å². The van der Waals surface area contributed by atoms with E-state index in [0.717, 1.165) is 46.6 Å². The molecule has 1 unspecified atom stereocenters. The number of fused-ring (bicyclic) bond motifs is 1. The minimum absolute atomic E-state index is 0.000682. The summed E-state index contributed by atoms with van der Waals surface area (Å²) in [5, 5.41) is 1.13. The molecule has 7 nitrogen and oxygen atoms in total. The molecule has 0 radical (unpaired) electrons. The molecule has 8 heteroatoms. The third kappa shape index (κ3) is 4.29. The van der Waals surface area contributed by atoms with Gasteiger partial charge in [-0.3, -0.25) is 9.88 Å². The minimum atomic E-state index is -3.22. The fourth-order valence-corrected chi connectivity index (χ4v) is 4.68. The van der Waals surface area contributed by atoms with Crippen LogP contribution in [0.1, 0.15) is 17.4 Å². The van der Waals surface area contributed by atoms with Crippen LogP contribution in [0.15, 0.2) is 71.9 Å². The number of aromatic nitrogens is 3. The lowest BCUT2D eigenvalue weighted by molar-refractivity contribution is -0.0156. The third-order valence-electron chi connectivity index (χ3n) is 5.78. The van der Waals surface area contributed by atoms with Crippen molar-refractivity contribution in [3.8, 4) is 11.3 Å². The maximum atomic E-state index is 11.7. The number of rotatable bonds is 5. The molecule has 1 atom stereocenters. The van der Waals surface area contributed by atoms with Gasteiger partial charge in [0.25, 0.3) is 0 Å². The number of benzene rings is 2. The minimum Gasteiger partial charge on any atom is -0.378 e. The van der Waals surface area contributed by atoms with Crippen molar-refractivity contribution in [3.05, 3.63) is 78.4 Å². The van der Waals surface area contributed by atoms with Crippen molar-refractivity contribution in [2.75, 3.05) is 26.0 Å². The number of pyridine rings is 1. The van der Waals surface area contributed by atoms with Gasteiger partial charge in [-0.05, 0) is 35.4 Å². The van der Waals surface area contributed by atoms with E-state index < -0.39 is 9.84 Å². The Kier molecular flexibility index (Phi) is 5.50. The van der Waals surface area contributed by atoms with E-state index in [1.807, 2.05) is 24.4 Å². The summed E-state index contributed by atoms with van der Waals surface area (Å²) in [5.74, 6) is 0.834. The van der Waals surface area contributed by atoms with Gasteiger partial charge in [0.2, 0.25) is 0 Å². The van der Waals surface area contributed by atoms with Crippen molar-refractivity contribution in [2.24, 2.45) is 0 Å². The Morgan fingerprint density at radius 2 is 1.91 bits per heavy atom. The van der Waals surface area contributed by atoms with Crippen molar-refractivity contribution in [1.29, 1.82) is 0 Å². The highest BCUT2D eigenvalue weighted by molar-refractivity contribution is 7.90. The fraction of sp³-hybridized carbons (Fsp3) is 0.250. The molecule has 1 aliphatic rings. The van der Waals surface area contributed by atoms with Gasteiger partial charge in [-0.25, -0.2) is 13.4 Å². The molecule has 5 rings (SSSR count). The number of hydrogen-bond donors (Lipinski definition) is 1. The van der Waals surface area contributed by atoms with E-state index in [1.165, 1.54) is 6.26 Å². The van der Waals surface area contributed by atoms with Gasteiger partial charge >= 0.3 is 0 Å². The number of ether oxygens (including phenoxy) is 1. The number of hydrogen-bond acceptors (Lipinski definition) is 6. The Morgan fingerprint density at radius 1 is 1.09 bits per heavy atom. The zero-order chi connectivity index (χ0) is 22.1. The van der Waals surface area contributed by atoms with E-state index in [0.29, 0.717) is 18.1 Å². The van der Waals surface area contributed by atoms with Crippen molar-refractivity contribution in [3.63, 3.8) is 0 Å². The number of nitrogens with one attached hydrogen (secondary N) is 1. The lowest BCUT2D eigenvalue weighted by Crippen LogP contribution is -2.39. The van der Waals surface area contributed by atoms with E-state index in [-0.39, 0.29) is 6.04 Å². The predicted molar refractivity (Wildman–Crippen MR) is 123 cm³/mol. The van der Waals surface area contributed by atoms with Crippen LogP contribution in [-0.2, 0) is 21.1 Å². The Hall–Kier alpha value is -3.07. The molecule has 3 heterocycles. The molecule has 1 aliphatic heterocycles. The second kappa shape index (κ2) is 8.46. The third-order valence-corrected chi connectivity index (χ3v) is 6.91. The van der Waals surface area contributed by atoms with Gasteiger partial charge in [0.15, 0.2) is 9.84 Å². The first kappa shape index (κ1) is 20.8. The molecule has 2 aromatic heterocycles. The quantitative estimate of drug-likeness (QED) is 0.502. The first-order chi connectivity index (χ1) is 15.5. The summed E-state index contributed by atoms with van der Waals surface area (Å²) in [6.45, 7) is 2.79. The van der Waals surface area contributed by atoms with E-state index in [9.17, 15) is 8.42 Å². The SMILES string of the molecule is CS(=O)(=O)c1ccc(-c2cnc(C3COCCN3Cc3cnc4ccccc4c3)[nH]2)cc1. The summed E-state index contributed by atoms with van der Waals surface area (Å²) in [4.78, 5) is 15.3. The highest BCUT2D eigenvalue weighted by Crippen LogP contribution is 2.27. The number of imidazole rings is 1. The van der Waals surface area contributed by atoms with Crippen molar-refractivity contribution in [1.82, 2.24) is 19.9 Å². The first-order valence-electron chi connectivity index (χ1n) is 10.5. The number of para-hydroxylation sites is 1. The van der Waals surface area contributed by atoms with Crippen LogP contribution < -0.4 is 0 Å². The summed E-state index contributed by atoms with van der Waals surface area (Å²) < 4.78 is 29.2. The molecule has 0 spiro atoms. The van der Waals surface area contributed by atoms with Crippen molar-refractivity contribution >= 4 is 20.7 Å². The average Bonchev–Trinajstić information content (AvgIpc) is 3.29. The van der Waals surface area contributed by atoms with E-state index >= 15 is 0 Å². The van der Waals surface area contributed by atoms with E-state index in [1.54, 1.807) is 30.5 Å². The van der Waals surface area contributed by atoms with Crippen LogP contribution in [-0.4, -0.2) is 54.3 Å². The molecule has 2 aromatic carbocycles. The van der Waals surface area contributed by atoms with Crippen LogP contribution in [0.5, 0.6) is 0 Å². The van der Waals surface area contributed by atoms with Crippen LogP contribution in [0.25, 0.3) is 22.2 Å². The predicted octanol–water partition coefficient (Wildman–Crippen LogP) is 3.60. The molecule has 0 aliphatic carbocycles. The molecule has 32 heavy (non-hydrogen) atoms. The molecule has 4 aromatic rings. The number of morpholine rings is 1. The molecule has 1 saturated heterocycles. The molecule has 0 bridgehead atoms. The van der Waals surface area contributed by atoms with Crippen LogP contribution in [0.3, 0.4) is 0 Å². The van der Waals surface area contributed by atoms with Gasteiger partial charge in [-0.1, -0.05) is 30.3 Å². The highest BCUT2D eigenvalue weighted by atomic mass is 32.2. The Balaban J connectivity index is 1.37.